The molecule has 0 spiro atoms. The van der Waals surface area contributed by atoms with Crippen molar-refractivity contribution in [3.63, 3.8) is 0 Å². The zero-order valence-electron chi connectivity index (χ0n) is 13.0. The highest BCUT2D eigenvalue weighted by Crippen LogP contribution is 2.25. The van der Waals surface area contributed by atoms with Gasteiger partial charge in [-0.25, -0.2) is 4.39 Å². The van der Waals surface area contributed by atoms with Gasteiger partial charge >= 0.3 is 0 Å². The highest BCUT2D eigenvalue weighted by atomic mass is 19.1. The van der Waals surface area contributed by atoms with Crippen LogP contribution in [0.25, 0.3) is 10.9 Å². The number of carbonyl (C=O) groups excluding carboxylic acids is 1. The molecule has 1 fully saturated rings. The third kappa shape index (κ3) is 2.77. The van der Waals surface area contributed by atoms with Crippen molar-refractivity contribution >= 4 is 16.7 Å². The van der Waals surface area contributed by atoms with E-state index in [1.807, 2.05) is 13.8 Å². The molecular formula is C17H21FN2O2. The minimum Gasteiger partial charge on any atom is -0.381 e. The quantitative estimate of drug-likeness (QED) is 0.795. The van der Waals surface area contributed by atoms with Gasteiger partial charge in [0.05, 0.1) is 12.1 Å². The maximum Gasteiger partial charge on any atom is 0.186 e. The van der Waals surface area contributed by atoms with Gasteiger partial charge in [-0.3, -0.25) is 9.48 Å². The number of benzene rings is 1. The van der Waals surface area contributed by atoms with E-state index in [2.05, 4.69) is 5.10 Å². The van der Waals surface area contributed by atoms with E-state index >= 15 is 0 Å². The van der Waals surface area contributed by atoms with E-state index in [1.54, 1.807) is 10.7 Å². The monoisotopic (exact) mass is 304 g/mol. The molecule has 3 rings (SSSR count). The van der Waals surface area contributed by atoms with Crippen molar-refractivity contribution in [2.24, 2.45) is 11.8 Å². The molecule has 1 aromatic heterocycles. The van der Waals surface area contributed by atoms with Crippen LogP contribution in [-0.2, 0) is 11.3 Å². The summed E-state index contributed by atoms with van der Waals surface area (Å²) in [4.78, 5) is 12.5. The van der Waals surface area contributed by atoms with Crippen LogP contribution < -0.4 is 0 Å². The maximum absolute atomic E-state index is 13.6. The summed E-state index contributed by atoms with van der Waals surface area (Å²) in [5.74, 6) is 0.0173. The van der Waals surface area contributed by atoms with E-state index in [4.69, 9.17) is 4.74 Å². The summed E-state index contributed by atoms with van der Waals surface area (Å²) < 4.78 is 20.8. The zero-order chi connectivity index (χ0) is 15.7. The minimum atomic E-state index is -0.307. The second-order valence-electron chi connectivity index (χ2n) is 6.10. The maximum atomic E-state index is 13.6. The fourth-order valence-electron chi connectivity index (χ4n) is 2.86. The number of ketones is 1. The number of fused-ring (bicyclic) bond motifs is 1. The van der Waals surface area contributed by atoms with E-state index in [1.165, 1.54) is 12.1 Å². The van der Waals surface area contributed by atoms with Gasteiger partial charge in [-0.15, -0.1) is 0 Å². The van der Waals surface area contributed by atoms with Gasteiger partial charge in [-0.2, -0.15) is 5.10 Å². The fraction of sp³-hybridized carbons (Fsp3) is 0.529. The Morgan fingerprint density at radius 2 is 2.36 bits per heavy atom. The summed E-state index contributed by atoms with van der Waals surface area (Å²) in [7, 11) is 0. The molecule has 1 aliphatic heterocycles. The molecule has 0 saturated carbocycles. The lowest BCUT2D eigenvalue weighted by Gasteiger charge is -2.08. The van der Waals surface area contributed by atoms with E-state index in [0.29, 0.717) is 30.3 Å². The SMILES string of the molecule is CCC(C)C(=O)c1nn(CC2CCOC2)c2cc(F)ccc12. The Bertz CT molecular complexity index is 689. The molecule has 4 nitrogen and oxygen atoms in total. The predicted molar refractivity (Wildman–Crippen MR) is 82.4 cm³/mol. The van der Waals surface area contributed by atoms with Gasteiger partial charge < -0.3 is 4.74 Å². The number of rotatable bonds is 5. The normalized spacial score (nSPS) is 19.7. The molecule has 1 aromatic carbocycles. The molecule has 0 N–H and O–H groups in total. The predicted octanol–water partition coefficient (Wildman–Crippen LogP) is 3.44. The smallest absolute Gasteiger partial charge is 0.186 e. The Kier molecular flexibility index (Phi) is 4.25. The highest BCUT2D eigenvalue weighted by Gasteiger charge is 2.24. The summed E-state index contributed by atoms with van der Waals surface area (Å²) in [6.45, 7) is 6.01. The van der Waals surface area contributed by atoms with Crippen LogP contribution in [0.3, 0.4) is 0 Å². The first-order chi connectivity index (χ1) is 10.6. The van der Waals surface area contributed by atoms with Gasteiger partial charge in [0.1, 0.15) is 11.5 Å². The minimum absolute atomic E-state index is 0.0283. The molecule has 0 amide bonds. The molecular weight excluding hydrogens is 283 g/mol. The third-order valence-corrected chi connectivity index (χ3v) is 4.46. The number of hydrogen-bond donors (Lipinski definition) is 0. The van der Waals surface area contributed by atoms with Crippen LogP contribution in [0.2, 0.25) is 0 Å². The van der Waals surface area contributed by atoms with Crippen LogP contribution in [0.1, 0.15) is 37.2 Å². The van der Waals surface area contributed by atoms with Gasteiger partial charge in [-0.1, -0.05) is 13.8 Å². The summed E-state index contributed by atoms with van der Waals surface area (Å²) in [5.41, 5.74) is 1.15. The van der Waals surface area contributed by atoms with E-state index < -0.39 is 0 Å². The number of carbonyl (C=O) groups is 1. The van der Waals surface area contributed by atoms with Crippen LogP contribution in [0.5, 0.6) is 0 Å². The molecule has 2 atom stereocenters. The standard InChI is InChI=1S/C17H21FN2O2/c1-3-11(2)17(21)16-14-5-4-13(18)8-15(14)20(19-16)9-12-6-7-22-10-12/h4-5,8,11-12H,3,6-7,9-10H2,1-2H3. The second-order valence-corrected chi connectivity index (χ2v) is 6.10. The second kappa shape index (κ2) is 6.16. The van der Waals surface area contributed by atoms with Crippen LogP contribution in [0.4, 0.5) is 4.39 Å². The lowest BCUT2D eigenvalue weighted by atomic mass is 9.99. The molecule has 0 aliphatic carbocycles. The Morgan fingerprint density at radius 3 is 3.05 bits per heavy atom. The third-order valence-electron chi connectivity index (χ3n) is 4.46. The molecule has 5 heteroatoms. The number of ether oxygens (including phenoxy) is 1. The van der Waals surface area contributed by atoms with Gasteiger partial charge in [-0.05, 0) is 31.0 Å². The highest BCUT2D eigenvalue weighted by molar-refractivity contribution is 6.06. The molecule has 1 aliphatic rings. The molecule has 2 aromatic rings. The Labute approximate surface area is 129 Å². The van der Waals surface area contributed by atoms with Crippen LogP contribution in [0.15, 0.2) is 18.2 Å². The van der Waals surface area contributed by atoms with Gasteiger partial charge in [0.2, 0.25) is 0 Å². The van der Waals surface area contributed by atoms with Crippen molar-refractivity contribution in [1.82, 2.24) is 9.78 Å². The molecule has 118 valence electrons. The Balaban J connectivity index is 2.03. The largest absolute Gasteiger partial charge is 0.381 e. The van der Waals surface area contributed by atoms with E-state index in [-0.39, 0.29) is 17.5 Å². The van der Waals surface area contributed by atoms with Crippen molar-refractivity contribution in [3.05, 3.63) is 29.7 Å². The van der Waals surface area contributed by atoms with Crippen LogP contribution >= 0.6 is 0 Å². The lowest BCUT2D eigenvalue weighted by Crippen LogP contribution is -2.14. The Morgan fingerprint density at radius 1 is 1.55 bits per heavy atom. The number of hydrogen-bond acceptors (Lipinski definition) is 3. The van der Waals surface area contributed by atoms with Gasteiger partial charge in [0.25, 0.3) is 0 Å². The van der Waals surface area contributed by atoms with Crippen LogP contribution in [-0.4, -0.2) is 28.8 Å². The number of nitrogens with zero attached hydrogens (tertiary/aromatic N) is 2. The van der Waals surface area contributed by atoms with Crippen molar-refractivity contribution in [3.8, 4) is 0 Å². The first-order valence-corrected chi connectivity index (χ1v) is 7.88. The van der Waals surface area contributed by atoms with E-state index in [0.717, 1.165) is 24.8 Å². The summed E-state index contributed by atoms with van der Waals surface area (Å²) in [6.07, 6.45) is 1.75. The number of aromatic nitrogens is 2. The lowest BCUT2D eigenvalue weighted by molar-refractivity contribution is 0.0922. The molecule has 0 radical (unpaired) electrons. The van der Waals surface area contributed by atoms with Crippen LogP contribution in [0, 0.1) is 17.7 Å². The molecule has 1 saturated heterocycles. The molecule has 2 heterocycles. The summed E-state index contributed by atoms with van der Waals surface area (Å²) in [6, 6.07) is 4.51. The average Bonchev–Trinajstić information content (AvgIpc) is 3.14. The van der Waals surface area contributed by atoms with Crippen molar-refractivity contribution in [2.45, 2.75) is 33.2 Å². The van der Waals surface area contributed by atoms with Gasteiger partial charge in [0, 0.05) is 30.4 Å². The summed E-state index contributed by atoms with van der Waals surface area (Å²) >= 11 is 0. The van der Waals surface area contributed by atoms with Crippen molar-refractivity contribution in [2.75, 3.05) is 13.2 Å². The molecule has 0 bridgehead atoms. The number of halogens is 1. The van der Waals surface area contributed by atoms with Crippen molar-refractivity contribution in [1.29, 1.82) is 0 Å². The Hall–Kier alpha value is -1.75. The average molecular weight is 304 g/mol. The van der Waals surface area contributed by atoms with Gasteiger partial charge in [0.15, 0.2) is 5.78 Å². The first-order valence-electron chi connectivity index (χ1n) is 7.88. The zero-order valence-corrected chi connectivity index (χ0v) is 13.0. The molecule has 22 heavy (non-hydrogen) atoms. The molecule has 2 unspecified atom stereocenters. The topological polar surface area (TPSA) is 44.1 Å². The van der Waals surface area contributed by atoms with E-state index in [9.17, 15) is 9.18 Å². The number of Topliss-reactive ketones (excluding diaryl/α,β-unsaturated/α-hetero) is 1. The first kappa shape index (κ1) is 15.2. The van der Waals surface area contributed by atoms with Crippen molar-refractivity contribution < 1.29 is 13.9 Å². The fourth-order valence-corrected chi connectivity index (χ4v) is 2.86. The summed E-state index contributed by atoms with van der Waals surface area (Å²) in [5, 5.41) is 5.25.